The SMILES string of the molecule is Cc1ccc(C(=O)NC(C)c2n[nH]c(=S)n2C)cc1. The van der Waals surface area contributed by atoms with Crippen LogP contribution in [0.15, 0.2) is 24.3 Å². The van der Waals surface area contributed by atoms with Crippen LogP contribution < -0.4 is 5.32 Å². The van der Waals surface area contributed by atoms with Gasteiger partial charge in [-0.05, 0) is 38.2 Å². The molecule has 2 rings (SSSR count). The maximum atomic E-state index is 12.1. The topological polar surface area (TPSA) is 62.7 Å². The molecule has 1 amide bonds. The molecule has 0 saturated heterocycles. The summed E-state index contributed by atoms with van der Waals surface area (Å²) in [7, 11) is 1.82. The van der Waals surface area contributed by atoms with E-state index in [1.807, 2.05) is 33.0 Å². The first-order valence-electron chi connectivity index (χ1n) is 5.98. The minimum absolute atomic E-state index is 0.124. The molecule has 2 N–H and O–H groups in total. The van der Waals surface area contributed by atoms with Crippen molar-refractivity contribution in [1.29, 1.82) is 0 Å². The van der Waals surface area contributed by atoms with Crippen LogP contribution in [-0.4, -0.2) is 20.7 Å². The van der Waals surface area contributed by atoms with Gasteiger partial charge in [0.25, 0.3) is 5.91 Å². The number of hydrogen-bond donors (Lipinski definition) is 2. The smallest absolute Gasteiger partial charge is 0.251 e. The van der Waals surface area contributed by atoms with Crippen LogP contribution in [-0.2, 0) is 7.05 Å². The van der Waals surface area contributed by atoms with Gasteiger partial charge in [-0.2, -0.15) is 5.10 Å². The minimum atomic E-state index is -0.216. The second-order valence-corrected chi connectivity index (χ2v) is 4.89. The van der Waals surface area contributed by atoms with Crippen molar-refractivity contribution in [2.24, 2.45) is 7.05 Å². The maximum Gasteiger partial charge on any atom is 0.251 e. The van der Waals surface area contributed by atoms with Crippen LogP contribution in [0.25, 0.3) is 0 Å². The summed E-state index contributed by atoms with van der Waals surface area (Å²) in [4.78, 5) is 12.1. The van der Waals surface area contributed by atoms with Gasteiger partial charge in [0.05, 0.1) is 6.04 Å². The Hall–Kier alpha value is -1.95. The summed E-state index contributed by atoms with van der Waals surface area (Å²) in [6, 6.07) is 7.22. The van der Waals surface area contributed by atoms with E-state index in [1.54, 1.807) is 16.7 Å². The molecule has 0 aliphatic carbocycles. The zero-order valence-electron chi connectivity index (χ0n) is 11.1. The zero-order chi connectivity index (χ0) is 14.0. The molecule has 0 bridgehead atoms. The van der Waals surface area contributed by atoms with Crippen molar-refractivity contribution < 1.29 is 4.79 Å². The quantitative estimate of drug-likeness (QED) is 0.845. The third-order valence-corrected chi connectivity index (χ3v) is 3.33. The highest BCUT2D eigenvalue weighted by atomic mass is 32.1. The second kappa shape index (κ2) is 5.36. The molecule has 1 unspecified atom stereocenters. The van der Waals surface area contributed by atoms with Gasteiger partial charge in [-0.3, -0.25) is 9.89 Å². The first kappa shape index (κ1) is 13.5. The molecule has 2 aromatic rings. The molecule has 5 nitrogen and oxygen atoms in total. The number of aromatic amines is 1. The fourth-order valence-corrected chi connectivity index (χ4v) is 1.94. The fraction of sp³-hybridized carbons (Fsp3) is 0.308. The van der Waals surface area contributed by atoms with Crippen LogP contribution in [0.2, 0.25) is 0 Å². The van der Waals surface area contributed by atoms with Gasteiger partial charge in [0.15, 0.2) is 10.6 Å². The van der Waals surface area contributed by atoms with E-state index >= 15 is 0 Å². The lowest BCUT2D eigenvalue weighted by Crippen LogP contribution is -2.28. The molecule has 0 saturated carbocycles. The molecule has 1 aromatic carbocycles. The van der Waals surface area contributed by atoms with E-state index in [0.29, 0.717) is 16.2 Å². The number of carbonyl (C=O) groups excluding carboxylic acids is 1. The number of carbonyl (C=O) groups is 1. The van der Waals surface area contributed by atoms with Gasteiger partial charge in [0.2, 0.25) is 0 Å². The monoisotopic (exact) mass is 276 g/mol. The van der Waals surface area contributed by atoms with Gasteiger partial charge < -0.3 is 9.88 Å². The van der Waals surface area contributed by atoms with Gasteiger partial charge in [-0.15, -0.1) is 0 Å². The summed E-state index contributed by atoms with van der Waals surface area (Å²) < 4.78 is 2.28. The molecule has 0 radical (unpaired) electrons. The van der Waals surface area contributed by atoms with E-state index in [9.17, 15) is 4.79 Å². The molecular formula is C13H16N4OS. The molecule has 19 heavy (non-hydrogen) atoms. The molecule has 100 valence electrons. The van der Waals surface area contributed by atoms with E-state index in [2.05, 4.69) is 15.5 Å². The molecule has 6 heteroatoms. The van der Waals surface area contributed by atoms with Crippen LogP contribution >= 0.6 is 12.2 Å². The Balaban J connectivity index is 2.13. The van der Waals surface area contributed by atoms with Crippen molar-refractivity contribution >= 4 is 18.1 Å². The van der Waals surface area contributed by atoms with Crippen LogP contribution in [0.4, 0.5) is 0 Å². The molecule has 1 aromatic heterocycles. The van der Waals surface area contributed by atoms with Crippen LogP contribution in [0.1, 0.15) is 34.7 Å². The molecule has 1 atom stereocenters. The Labute approximate surface area is 116 Å². The number of aryl methyl sites for hydroxylation is 1. The average Bonchev–Trinajstić information content (AvgIpc) is 2.70. The van der Waals surface area contributed by atoms with Crippen LogP contribution in [0, 0.1) is 11.7 Å². The number of rotatable bonds is 3. The maximum absolute atomic E-state index is 12.1. The van der Waals surface area contributed by atoms with Gasteiger partial charge in [0, 0.05) is 12.6 Å². The van der Waals surface area contributed by atoms with E-state index in [4.69, 9.17) is 12.2 Å². The third kappa shape index (κ3) is 2.90. The highest BCUT2D eigenvalue weighted by Crippen LogP contribution is 2.10. The summed E-state index contributed by atoms with van der Waals surface area (Å²) in [5.41, 5.74) is 1.76. The average molecular weight is 276 g/mol. The lowest BCUT2D eigenvalue weighted by molar-refractivity contribution is 0.0938. The number of aromatic nitrogens is 3. The van der Waals surface area contributed by atoms with Crippen molar-refractivity contribution in [3.63, 3.8) is 0 Å². The van der Waals surface area contributed by atoms with Crippen LogP contribution in [0.3, 0.4) is 0 Å². The van der Waals surface area contributed by atoms with Gasteiger partial charge in [-0.1, -0.05) is 17.7 Å². The highest BCUT2D eigenvalue weighted by Gasteiger charge is 2.15. The molecular weight excluding hydrogens is 260 g/mol. The first-order valence-corrected chi connectivity index (χ1v) is 6.38. The summed E-state index contributed by atoms with van der Waals surface area (Å²) >= 11 is 5.05. The Morgan fingerprint density at radius 3 is 2.58 bits per heavy atom. The number of nitrogens with one attached hydrogen (secondary N) is 2. The van der Waals surface area contributed by atoms with Crippen molar-refractivity contribution in [3.05, 3.63) is 46.0 Å². The summed E-state index contributed by atoms with van der Waals surface area (Å²) in [6.45, 7) is 3.86. The molecule has 0 aliphatic heterocycles. The van der Waals surface area contributed by atoms with Crippen molar-refractivity contribution in [2.75, 3.05) is 0 Å². The molecule has 0 fully saturated rings. The molecule has 1 heterocycles. The first-order chi connectivity index (χ1) is 8.99. The summed E-state index contributed by atoms with van der Waals surface area (Å²) in [5.74, 6) is 0.576. The van der Waals surface area contributed by atoms with Crippen molar-refractivity contribution in [3.8, 4) is 0 Å². The van der Waals surface area contributed by atoms with Crippen molar-refractivity contribution in [1.82, 2.24) is 20.1 Å². The second-order valence-electron chi connectivity index (χ2n) is 4.51. The Morgan fingerprint density at radius 1 is 1.42 bits per heavy atom. The van der Waals surface area contributed by atoms with Gasteiger partial charge in [-0.25, -0.2) is 0 Å². The lowest BCUT2D eigenvalue weighted by Gasteiger charge is -2.13. The number of nitrogens with zero attached hydrogens (tertiary/aromatic N) is 2. The molecule has 0 spiro atoms. The molecule has 0 aliphatic rings. The van der Waals surface area contributed by atoms with Crippen molar-refractivity contribution in [2.45, 2.75) is 19.9 Å². The summed E-state index contributed by atoms with van der Waals surface area (Å²) in [5, 5.41) is 9.71. The standard InChI is InChI=1S/C13H16N4OS/c1-8-4-6-10(7-5-8)12(18)14-9(2)11-15-16-13(19)17(11)3/h4-7,9H,1-3H3,(H,14,18)(H,16,19). The van der Waals surface area contributed by atoms with E-state index in [0.717, 1.165) is 5.56 Å². The Kier molecular flexibility index (Phi) is 3.80. The summed E-state index contributed by atoms with van der Waals surface area (Å²) in [6.07, 6.45) is 0. The highest BCUT2D eigenvalue weighted by molar-refractivity contribution is 7.71. The van der Waals surface area contributed by atoms with E-state index < -0.39 is 0 Å². The van der Waals surface area contributed by atoms with Gasteiger partial charge >= 0.3 is 0 Å². The normalized spacial score (nSPS) is 12.2. The van der Waals surface area contributed by atoms with E-state index in [-0.39, 0.29) is 11.9 Å². The van der Waals surface area contributed by atoms with Gasteiger partial charge in [0.1, 0.15) is 0 Å². The largest absolute Gasteiger partial charge is 0.342 e. The number of amides is 1. The lowest BCUT2D eigenvalue weighted by atomic mass is 10.1. The minimum Gasteiger partial charge on any atom is -0.342 e. The number of hydrogen-bond acceptors (Lipinski definition) is 3. The number of H-pyrrole nitrogens is 1. The number of benzene rings is 1. The Bertz CT molecular complexity index is 641. The predicted octanol–water partition coefficient (Wildman–Crippen LogP) is 2.28. The Morgan fingerprint density at radius 2 is 2.05 bits per heavy atom. The zero-order valence-corrected chi connectivity index (χ0v) is 11.9. The van der Waals surface area contributed by atoms with Crippen LogP contribution in [0.5, 0.6) is 0 Å². The predicted molar refractivity (Wildman–Crippen MR) is 75.5 cm³/mol. The third-order valence-electron chi connectivity index (χ3n) is 2.96. The van der Waals surface area contributed by atoms with E-state index in [1.165, 1.54) is 0 Å². The fourth-order valence-electron chi connectivity index (χ4n) is 1.80.